The molecule has 0 spiro atoms. The predicted molar refractivity (Wildman–Crippen MR) is 85.7 cm³/mol. The zero-order valence-corrected chi connectivity index (χ0v) is 13.5. The van der Waals surface area contributed by atoms with Crippen LogP contribution in [-0.4, -0.2) is 80.2 Å². The fraction of sp³-hybridized carbons (Fsp3) is 0.438. The topological polar surface area (TPSA) is 104 Å². The van der Waals surface area contributed by atoms with Gasteiger partial charge in [0.2, 0.25) is 0 Å². The summed E-state index contributed by atoms with van der Waals surface area (Å²) in [6.07, 6.45) is 6.66. The molecule has 2 aromatic heterocycles. The molecular formula is C16H18N6O3. The van der Waals surface area contributed by atoms with Gasteiger partial charge in [-0.3, -0.25) is 19.7 Å². The average Bonchev–Trinajstić information content (AvgIpc) is 3.21. The quantitative estimate of drug-likeness (QED) is 0.821. The lowest BCUT2D eigenvalue weighted by molar-refractivity contribution is -0.0856. The first-order chi connectivity index (χ1) is 12.2. The van der Waals surface area contributed by atoms with Crippen molar-refractivity contribution in [3.63, 3.8) is 0 Å². The number of carbonyl (C=O) groups excluding carboxylic acids is 2. The Labute approximate surface area is 144 Å². The summed E-state index contributed by atoms with van der Waals surface area (Å²) in [4.78, 5) is 36.9. The third-order valence-corrected chi connectivity index (χ3v) is 4.65. The third-order valence-electron chi connectivity index (χ3n) is 4.65. The second-order valence-electron chi connectivity index (χ2n) is 6.08. The fourth-order valence-corrected chi connectivity index (χ4v) is 3.41. The highest BCUT2D eigenvalue weighted by atomic mass is 16.5. The molecule has 0 unspecified atom stereocenters. The van der Waals surface area contributed by atoms with Crippen LogP contribution in [0.1, 0.15) is 27.4 Å². The van der Waals surface area contributed by atoms with Gasteiger partial charge in [0.1, 0.15) is 11.4 Å². The molecular weight excluding hydrogens is 324 g/mol. The van der Waals surface area contributed by atoms with E-state index in [1.54, 1.807) is 22.1 Å². The van der Waals surface area contributed by atoms with Gasteiger partial charge < -0.3 is 14.5 Å². The van der Waals surface area contributed by atoms with Crippen LogP contribution >= 0.6 is 0 Å². The van der Waals surface area contributed by atoms with Crippen molar-refractivity contribution in [2.75, 3.05) is 26.2 Å². The number of carbonyl (C=O) groups is 2. The first kappa shape index (κ1) is 15.7. The highest BCUT2D eigenvalue weighted by molar-refractivity contribution is 5.93. The highest BCUT2D eigenvalue weighted by Gasteiger charge is 2.41. The molecule has 0 aromatic carbocycles. The van der Waals surface area contributed by atoms with Crippen molar-refractivity contribution in [2.24, 2.45) is 0 Å². The smallest absolute Gasteiger partial charge is 0.274 e. The van der Waals surface area contributed by atoms with Gasteiger partial charge in [-0.25, -0.2) is 4.98 Å². The summed E-state index contributed by atoms with van der Waals surface area (Å²) in [6.45, 7) is 1.98. The Morgan fingerprint density at radius 1 is 1.20 bits per heavy atom. The van der Waals surface area contributed by atoms with Crippen LogP contribution in [-0.2, 0) is 4.74 Å². The summed E-state index contributed by atoms with van der Waals surface area (Å²) in [7, 11) is 0. The van der Waals surface area contributed by atoms with Crippen molar-refractivity contribution in [1.82, 2.24) is 30.0 Å². The molecule has 9 nitrogen and oxygen atoms in total. The van der Waals surface area contributed by atoms with Gasteiger partial charge in [-0.1, -0.05) is 0 Å². The molecule has 4 heterocycles. The lowest BCUT2D eigenvalue weighted by Crippen LogP contribution is -2.62. The Kier molecular flexibility index (Phi) is 4.14. The molecule has 2 aliphatic rings. The van der Waals surface area contributed by atoms with Gasteiger partial charge in [0.15, 0.2) is 0 Å². The molecule has 2 aromatic rings. The maximum atomic E-state index is 12.8. The number of amides is 2. The van der Waals surface area contributed by atoms with Crippen LogP contribution in [0.3, 0.4) is 0 Å². The second-order valence-corrected chi connectivity index (χ2v) is 6.08. The number of piperidine rings is 1. The largest absolute Gasteiger partial charge is 0.374 e. The van der Waals surface area contributed by atoms with Gasteiger partial charge in [0, 0.05) is 38.2 Å². The summed E-state index contributed by atoms with van der Waals surface area (Å²) in [5, 5.41) is 6.52. The standard InChI is InChI=1S/C16H18N6O3/c23-15(11-1-3-19-20-11)21-6-2-14-13(10-21)22(7-8-25-14)16(24)12-9-17-4-5-18-12/h1,3-5,9,13-14H,2,6-8,10H2,(H,19,20)/t13-,14-/m0/s1. The maximum Gasteiger partial charge on any atom is 0.274 e. The van der Waals surface area contributed by atoms with E-state index in [0.717, 1.165) is 0 Å². The molecule has 1 N–H and O–H groups in total. The zero-order chi connectivity index (χ0) is 17.2. The van der Waals surface area contributed by atoms with Crippen molar-refractivity contribution >= 4 is 11.8 Å². The summed E-state index contributed by atoms with van der Waals surface area (Å²) in [5.41, 5.74) is 0.752. The zero-order valence-electron chi connectivity index (χ0n) is 13.5. The summed E-state index contributed by atoms with van der Waals surface area (Å²) >= 11 is 0. The number of fused-ring (bicyclic) bond motifs is 1. The number of hydrogen-bond acceptors (Lipinski definition) is 6. The molecule has 0 aliphatic carbocycles. The Bertz CT molecular complexity index is 750. The molecule has 0 radical (unpaired) electrons. The number of aromatic nitrogens is 4. The molecule has 2 atom stereocenters. The lowest BCUT2D eigenvalue weighted by Gasteiger charge is -2.46. The summed E-state index contributed by atoms with van der Waals surface area (Å²) < 4.78 is 5.83. The molecule has 0 bridgehead atoms. The molecule has 2 fully saturated rings. The first-order valence-electron chi connectivity index (χ1n) is 8.21. The molecule has 9 heteroatoms. The van der Waals surface area contributed by atoms with Crippen LogP contribution in [0, 0.1) is 0 Å². The fourth-order valence-electron chi connectivity index (χ4n) is 3.41. The van der Waals surface area contributed by atoms with Crippen molar-refractivity contribution in [1.29, 1.82) is 0 Å². The highest BCUT2D eigenvalue weighted by Crippen LogP contribution is 2.25. The van der Waals surface area contributed by atoms with Crippen molar-refractivity contribution in [3.8, 4) is 0 Å². The van der Waals surface area contributed by atoms with Crippen molar-refractivity contribution in [2.45, 2.75) is 18.6 Å². The van der Waals surface area contributed by atoms with Gasteiger partial charge in [-0.15, -0.1) is 0 Å². The van der Waals surface area contributed by atoms with Crippen molar-refractivity contribution in [3.05, 3.63) is 42.2 Å². The number of rotatable bonds is 2. The van der Waals surface area contributed by atoms with Crippen LogP contribution in [0.15, 0.2) is 30.9 Å². The van der Waals surface area contributed by atoms with E-state index in [0.29, 0.717) is 44.0 Å². The minimum atomic E-state index is -0.191. The van der Waals surface area contributed by atoms with Crippen LogP contribution < -0.4 is 0 Å². The van der Waals surface area contributed by atoms with E-state index >= 15 is 0 Å². The van der Waals surface area contributed by atoms with E-state index < -0.39 is 0 Å². The van der Waals surface area contributed by atoms with Crippen molar-refractivity contribution < 1.29 is 14.3 Å². The molecule has 4 rings (SSSR count). The van der Waals surface area contributed by atoms with Gasteiger partial charge in [0.05, 0.1) is 24.9 Å². The van der Waals surface area contributed by atoms with Gasteiger partial charge in [-0.2, -0.15) is 5.10 Å². The Morgan fingerprint density at radius 2 is 2.12 bits per heavy atom. The molecule has 130 valence electrons. The lowest BCUT2D eigenvalue weighted by atomic mass is 9.98. The number of nitrogens with zero attached hydrogens (tertiary/aromatic N) is 5. The minimum Gasteiger partial charge on any atom is -0.374 e. The number of aromatic amines is 1. The maximum absolute atomic E-state index is 12.8. The minimum absolute atomic E-state index is 0.0693. The Morgan fingerprint density at radius 3 is 2.88 bits per heavy atom. The molecule has 2 amide bonds. The van der Waals surface area contributed by atoms with E-state index in [4.69, 9.17) is 4.74 Å². The van der Waals surface area contributed by atoms with Crippen LogP contribution in [0.2, 0.25) is 0 Å². The van der Waals surface area contributed by atoms with Gasteiger partial charge in [-0.05, 0) is 12.5 Å². The SMILES string of the molecule is O=C(c1ccn[nH]1)N1CC[C@@H]2OCCN(C(=O)c3cnccn3)[C@H]2C1. The molecule has 25 heavy (non-hydrogen) atoms. The second kappa shape index (κ2) is 6.60. The number of ether oxygens (including phenoxy) is 1. The molecule has 0 saturated carbocycles. The van der Waals surface area contributed by atoms with Crippen LogP contribution in [0.5, 0.6) is 0 Å². The van der Waals surface area contributed by atoms with E-state index in [2.05, 4.69) is 20.2 Å². The first-order valence-corrected chi connectivity index (χ1v) is 8.21. The third kappa shape index (κ3) is 2.98. The van der Waals surface area contributed by atoms with Crippen LogP contribution in [0.25, 0.3) is 0 Å². The predicted octanol–water partition coefficient (Wildman–Crippen LogP) is -0.0446. The monoisotopic (exact) mass is 342 g/mol. The summed E-state index contributed by atoms with van der Waals surface area (Å²) in [6, 6.07) is 1.46. The van der Waals surface area contributed by atoms with E-state index in [1.165, 1.54) is 18.6 Å². The van der Waals surface area contributed by atoms with E-state index in [-0.39, 0.29) is 24.0 Å². The van der Waals surface area contributed by atoms with Crippen LogP contribution in [0.4, 0.5) is 0 Å². The summed E-state index contributed by atoms with van der Waals surface area (Å²) in [5.74, 6) is -0.296. The number of hydrogen-bond donors (Lipinski definition) is 1. The average molecular weight is 342 g/mol. The Balaban J connectivity index is 1.54. The number of likely N-dealkylation sites (tertiary alicyclic amines) is 1. The number of nitrogens with one attached hydrogen (secondary N) is 1. The normalized spacial score (nSPS) is 23.2. The van der Waals surface area contributed by atoms with E-state index in [1.807, 2.05) is 0 Å². The molecule has 2 saturated heterocycles. The van der Waals surface area contributed by atoms with Gasteiger partial charge >= 0.3 is 0 Å². The van der Waals surface area contributed by atoms with Gasteiger partial charge in [0.25, 0.3) is 11.8 Å². The number of morpholine rings is 1. The number of H-pyrrole nitrogens is 1. The molecule has 2 aliphatic heterocycles. The Hall–Kier alpha value is -2.81. The van der Waals surface area contributed by atoms with E-state index in [9.17, 15) is 9.59 Å².